The lowest BCUT2D eigenvalue weighted by Crippen LogP contribution is -2.31. The second-order valence-electron chi connectivity index (χ2n) is 9.08. The maximum Gasteiger partial charge on any atom is 0.329 e. The van der Waals surface area contributed by atoms with Crippen molar-refractivity contribution in [3.8, 4) is 0 Å². The highest BCUT2D eigenvalue weighted by Crippen LogP contribution is 1.87. The molecule has 0 saturated heterocycles. The van der Waals surface area contributed by atoms with E-state index in [0.717, 1.165) is 6.54 Å². The highest BCUT2D eigenvalue weighted by atomic mass is 16.6. The number of carbonyl (C=O) groups is 2. The van der Waals surface area contributed by atoms with Gasteiger partial charge in [0.15, 0.2) is 0 Å². The number of carbonyl (C=O) groups excluding carboxylic acids is 1. The third kappa shape index (κ3) is 40.4. The Kier molecular flexibility index (Phi) is 38.2. The van der Waals surface area contributed by atoms with E-state index in [9.17, 15) is 9.59 Å². The van der Waals surface area contributed by atoms with Gasteiger partial charge in [0.2, 0.25) is 5.91 Å². The molecule has 17 nitrogen and oxygen atoms in total. The quantitative estimate of drug-likeness (QED) is 0.0644. The van der Waals surface area contributed by atoms with Crippen molar-refractivity contribution < 1.29 is 71.5 Å². The highest BCUT2D eigenvalue weighted by molar-refractivity contribution is 5.77. The normalized spacial score (nSPS) is 11.3. The number of carboxylic acid groups (broad SMARTS) is 1. The van der Waals surface area contributed by atoms with E-state index < -0.39 is 18.5 Å². The van der Waals surface area contributed by atoms with Crippen molar-refractivity contribution in [1.82, 2.24) is 10.6 Å². The number of likely N-dealkylation sites (N-methyl/N-ethyl adjacent to an activating group) is 1. The smallest absolute Gasteiger partial charge is 0.329 e. The molecule has 0 aliphatic rings. The highest BCUT2D eigenvalue weighted by Gasteiger charge is 2.03. The molecule has 0 aliphatic heterocycles. The first-order valence-corrected chi connectivity index (χ1v) is 15.7. The minimum Gasteiger partial charge on any atom is -0.480 e. The molecule has 0 aromatic carbocycles. The lowest BCUT2D eigenvalue weighted by atomic mass is 10.6. The Morgan fingerprint density at radius 3 is 0.913 bits per heavy atom. The Hall–Kier alpha value is -1.58. The minimum atomic E-state index is -1.12. The largest absolute Gasteiger partial charge is 0.480 e. The van der Waals surface area contributed by atoms with Crippen molar-refractivity contribution in [2.24, 2.45) is 0 Å². The molecule has 274 valence electrons. The van der Waals surface area contributed by atoms with E-state index in [1.54, 1.807) is 0 Å². The van der Waals surface area contributed by atoms with Gasteiger partial charge in [-0.05, 0) is 7.05 Å². The average Bonchev–Trinajstić information content (AvgIpc) is 3.04. The molecule has 0 radical (unpaired) electrons. The van der Waals surface area contributed by atoms with Gasteiger partial charge in [-0.3, -0.25) is 4.79 Å². The molecule has 0 aromatic rings. The molecule has 0 fully saturated rings. The van der Waals surface area contributed by atoms with Crippen molar-refractivity contribution in [2.45, 2.75) is 0 Å². The molecular formula is C29H58N2O15. The number of rotatable bonds is 40. The molecule has 0 heterocycles. The number of amides is 1. The molecule has 0 rings (SSSR count). The Balaban J connectivity index is 3.08. The van der Waals surface area contributed by atoms with Crippen LogP contribution in [-0.4, -0.2) is 196 Å². The first-order chi connectivity index (χ1) is 22.7. The molecule has 0 bridgehead atoms. The van der Waals surface area contributed by atoms with Gasteiger partial charge in [-0.2, -0.15) is 0 Å². The van der Waals surface area contributed by atoms with Crippen molar-refractivity contribution in [3.63, 3.8) is 0 Å². The predicted octanol–water partition coefficient (Wildman–Crippen LogP) is -1.39. The average molecular weight is 675 g/mol. The first-order valence-electron chi connectivity index (χ1n) is 15.7. The van der Waals surface area contributed by atoms with Crippen molar-refractivity contribution in [1.29, 1.82) is 0 Å². The second-order valence-corrected chi connectivity index (χ2v) is 9.08. The van der Waals surface area contributed by atoms with Crippen LogP contribution >= 0.6 is 0 Å². The summed E-state index contributed by atoms with van der Waals surface area (Å²) in [7, 11) is 1.89. The molecule has 46 heavy (non-hydrogen) atoms. The van der Waals surface area contributed by atoms with Crippen LogP contribution in [0.1, 0.15) is 0 Å². The first kappa shape index (κ1) is 44.4. The van der Waals surface area contributed by atoms with Crippen LogP contribution in [0.25, 0.3) is 0 Å². The van der Waals surface area contributed by atoms with E-state index in [1.807, 2.05) is 7.05 Å². The van der Waals surface area contributed by atoms with E-state index >= 15 is 0 Å². The molecule has 0 aliphatic carbocycles. The van der Waals surface area contributed by atoms with Crippen LogP contribution in [0.15, 0.2) is 0 Å². The number of aliphatic carboxylic acids is 1. The van der Waals surface area contributed by atoms with E-state index in [4.69, 9.17) is 57.2 Å². The molecule has 17 heteroatoms. The molecular weight excluding hydrogens is 616 g/mol. The van der Waals surface area contributed by atoms with Crippen LogP contribution in [0.2, 0.25) is 0 Å². The fourth-order valence-electron chi connectivity index (χ4n) is 3.02. The van der Waals surface area contributed by atoms with Gasteiger partial charge in [-0.1, -0.05) is 0 Å². The zero-order chi connectivity index (χ0) is 33.4. The van der Waals surface area contributed by atoms with Crippen LogP contribution in [0.4, 0.5) is 0 Å². The number of nitrogens with one attached hydrogen (secondary N) is 2. The standard InChI is InChI=1S/C29H58N2O15/c1-30-2-4-35-6-8-37-10-12-39-14-16-41-18-20-43-22-24-45-25-23-44-21-19-42-17-15-40-13-11-38-9-7-36-5-3-31-28(32)26-46-27-29(33)34/h30H,2-27H2,1H3,(H,31,32)(H,33,34). The molecule has 0 spiro atoms. The fraction of sp³-hybridized carbons (Fsp3) is 0.931. The molecule has 3 N–H and O–H groups in total. The summed E-state index contributed by atoms with van der Waals surface area (Å²) in [5.41, 5.74) is 0. The van der Waals surface area contributed by atoms with Crippen LogP contribution in [-0.2, 0) is 66.4 Å². The van der Waals surface area contributed by atoms with Gasteiger partial charge in [0.05, 0.1) is 145 Å². The monoisotopic (exact) mass is 674 g/mol. The summed E-state index contributed by atoms with van der Waals surface area (Å²) < 4.78 is 64.3. The second kappa shape index (κ2) is 39.6. The van der Waals surface area contributed by atoms with Gasteiger partial charge < -0.3 is 72.6 Å². The molecule has 0 atom stereocenters. The SMILES string of the molecule is CNCCOCCOCCOCCOCCOCCOCCOCCOCCOCCOCCOCCNC(=O)COCC(=O)O. The van der Waals surface area contributed by atoms with E-state index in [2.05, 4.69) is 15.4 Å². The maximum absolute atomic E-state index is 11.4. The topological polar surface area (TPSA) is 189 Å². The zero-order valence-electron chi connectivity index (χ0n) is 27.5. The summed E-state index contributed by atoms with van der Waals surface area (Å²) in [6.45, 7) is 11.1. The van der Waals surface area contributed by atoms with Crippen LogP contribution in [0.5, 0.6) is 0 Å². The molecule has 0 unspecified atom stereocenters. The molecule has 0 aromatic heterocycles. The third-order valence-corrected chi connectivity index (χ3v) is 5.24. The summed E-state index contributed by atoms with van der Waals surface area (Å²) in [5, 5.41) is 14.0. The maximum atomic E-state index is 11.4. The Bertz CT molecular complexity index is 637. The summed E-state index contributed by atoms with van der Waals surface area (Å²) in [6.07, 6.45) is 0. The predicted molar refractivity (Wildman–Crippen MR) is 164 cm³/mol. The van der Waals surface area contributed by atoms with Crippen molar-refractivity contribution in [3.05, 3.63) is 0 Å². The molecule has 1 amide bonds. The van der Waals surface area contributed by atoms with E-state index in [-0.39, 0.29) is 6.61 Å². The summed E-state index contributed by atoms with van der Waals surface area (Å²) >= 11 is 0. The lowest BCUT2D eigenvalue weighted by molar-refractivity contribution is -0.143. The van der Waals surface area contributed by atoms with Crippen molar-refractivity contribution in [2.75, 3.05) is 179 Å². The number of carboxylic acids is 1. The van der Waals surface area contributed by atoms with Gasteiger partial charge in [0, 0.05) is 13.1 Å². The Morgan fingerprint density at radius 2 is 0.652 bits per heavy atom. The van der Waals surface area contributed by atoms with Gasteiger partial charge in [-0.15, -0.1) is 0 Å². The number of ether oxygens (including phenoxy) is 12. The third-order valence-electron chi connectivity index (χ3n) is 5.24. The van der Waals surface area contributed by atoms with Crippen LogP contribution < -0.4 is 10.6 Å². The van der Waals surface area contributed by atoms with Gasteiger partial charge >= 0.3 is 5.97 Å². The van der Waals surface area contributed by atoms with Gasteiger partial charge in [0.1, 0.15) is 13.2 Å². The molecule has 0 saturated carbocycles. The Labute approximate surface area is 273 Å². The minimum absolute atomic E-state index is 0.301. The fourth-order valence-corrected chi connectivity index (χ4v) is 3.02. The van der Waals surface area contributed by atoms with Gasteiger partial charge in [-0.25, -0.2) is 4.79 Å². The summed E-state index contributed by atoms with van der Waals surface area (Å²) in [5.74, 6) is -1.52. The van der Waals surface area contributed by atoms with Crippen molar-refractivity contribution >= 4 is 11.9 Å². The Morgan fingerprint density at radius 1 is 0.391 bits per heavy atom. The number of hydrogen-bond donors (Lipinski definition) is 3. The summed E-state index contributed by atoms with van der Waals surface area (Å²) in [6, 6.07) is 0. The zero-order valence-corrected chi connectivity index (χ0v) is 27.5. The van der Waals surface area contributed by atoms with E-state index in [1.165, 1.54) is 0 Å². The van der Waals surface area contributed by atoms with Crippen LogP contribution in [0.3, 0.4) is 0 Å². The van der Waals surface area contributed by atoms with Crippen LogP contribution in [0, 0.1) is 0 Å². The van der Waals surface area contributed by atoms with Gasteiger partial charge in [0.25, 0.3) is 0 Å². The van der Waals surface area contributed by atoms with E-state index in [0.29, 0.717) is 152 Å². The summed E-state index contributed by atoms with van der Waals surface area (Å²) in [4.78, 5) is 21.6. The lowest BCUT2D eigenvalue weighted by Gasteiger charge is -2.09. The number of hydrogen-bond acceptors (Lipinski definition) is 15.